The van der Waals surface area contributed by atoms with Crippen LogP contribution in [0.25, 0.3) is 11.0 Å². The summed E-state index contributed by atoms with van der Waals surface area (Å²) in [6.45, 7) is 5.13. The summed E-state index contributed by atoms with van der Waals surface area (Å²) in [5, 5.41) is 0. The van der Waals surface area contributed by atoms with Gasteiger partial charge in [-0.15, -0.1) is 0 Å². The number of imidazole rings is 1. The van der Waals surface area contributed by atoms with Crippen LogP contribution in [0.2, 0.25) is 0 Å². The van der Waals surface area contributed by atoms with Crippen LogP contribution in [0.4, 0.5) is 0 Å². The first kappa shape index (κ1) is 17.0. The molecule has 5 nitrogen and oxygen atoms in total. The quantitative estimate of drug-likeness (QED) is 0.719. The highest BCUT2D eigenvalue weighted by Crippen LogP contribution is 2.13. The molecule has 2 aromatic carbocycles. The number of benzene rings is 2. The Labute approximate surface area is 147 Å². The van der Waals surface area contributed by atoms with E-state index in [4.69, 9.17) is 0 Å². The van der Waals surface area contributed by atoms with Crippen LogP contribution < -0.4 is 5.69 Å². The summed E-state index contributed by atoms with van der Waals surface area (Å²) in [6.07, 6.45) is 0. The Kier molecular flexibility index (Phi) is 4.74. The first-order chi connectivity index (χ1) is 12.0. The van der Waals surface area contributed by atoms with E-state index in [1.165, 1.54) is 5.56 Å². The highest BCUT2D eigenvalue weighted by Gasteiger charge is 2.16. The van der Waals surface area contributed by atoms with Gasteiger partial charge < -0.3 is 4.90 Å². The molecule has 0 unspecified atom stereocenters. The van der Waals surface area contributed by atoms with Gasteiger partial charge in [0.15, 0.2) is 0 Å². The number of likely N-dealkylation sites (N-methyl/N-ethyl adjacent to an activating group) is 1. The van der Waals surface area contributed by atoms with Gasteiger partial charge in [-0.05, 0) is 31.5 Å². The Morgan fingerprint density at radius 1 is 1.00 bits per heavy atom. The zero-order chi connectivity index (χ0) is 18.0. The molecule has 25 heavy (non-hydrogen) atoms. The van der Waals surface area contributed by atoms with E-state index in [-0.39, 0.29) is 18.1 Å². The van der Waals surface area contributed by atoms with Gasteiger partial charge in [-0.2, -0.15) is 0 Å². The minimum atomic E-state index is -0.138. The number of carbonyl (C=O) groups is 1. The molecule has 0 saturated heterocycles. The number of amides is 1. The van der Waals surface area contributed by atoms with E-state index < -0.39 is 0 Å². The lowest BCUT2D eigenvalue weighted by molar-refractivity contribution is -0.131. The molecule has 0 aliphatic carbocycles. The maximum Gasteiger partial charge on any atom is 0.329 e. The van der Waals surface area contributed by atoms with Gasteiger partial charge in [-0.25, -0.2) is 4.79 Å². The molecule has 0 spiro atoms. The average molecular weight is 337 g/mol. The maximum absolute atomic E-state index is 12.6. The average Bonchev–Trinajstić information content (AvgIpc) is 2.88. The molecule has 0 aliphatic heterocycles. The summed E-state index contributed by atoms with van der Waals surface area (Å²) in [7, 11) is 1.77. The molecular formula is C20H23N3O2. The number of carbonyl (C=O) groups excluding carboxylic acids is 1. The second-order valence-corrected chi connectivity index (χ2v) is 6.34. The van der Waals surface area contributed by atoms with Crippen molar-refractivity contribution in [3.05, 3.63) is 70.1 Å². The van der Waals surface area contributed by atoms with Crippen LogP contribution in [-0.4, -0.2) is 27.0 Å². The highest BCUT2D eigenvalue weighted by atomic mass is 16.2. The molecule has 0 N–H and O–H groups in total. The van der Waals surface area contributed by atoms with Gasteiger partial charge >= 0.3 is 5.69 Å². The molecule has 0 saturated carbocycles. The highest BCUT2D eigenvalue weighted by molar-refractivity contribution is 5.80. The van der Waals surface area contributed by atoms with E-state index >= 15 is 0 Å². The molecule has 0 aliphatic rings. The van der Waals surface area contributed by atoms with Crippen molar-refractivity contribution in [2.24, 2.45) is 0 Å². The molecule has 130 valence electrons. The van der Waals surface area contributed by atoms with Gasteiger partial charge in [-0.1, -0.05) is 42.0 Å². The zero-order valence-corrected chi connectivity index (χ0v) is 14.9. The van der Waals surface area contributed by atoms with Crippen molar-refractivity contribution < 1.29 is 4.79 Å². The van der Waals surface area contributed by atoms with Gasteiger partial charge in [0.25, 0.3) is 0 Å². The van der Waals surface area contributed by atoms with E-state index in [0.29, 0.717) is 13.1 Å². The Morgan fingerprint density at radius 3 is 2.20 bits per heavy atom. The van der Waals surface area contributed by atoms with Crippen LogP contribution in [0, 0.1) is 6.92 Å². The summed E-state index contributed by atoms with van der Waals surface area (Å²) in [6, 6.07) is 15.7. The normalized spacial score (nSPS) is 11.0. The predicted molar refractivity (Wildman–Crippen MR) is 99.5 cm³/mol. The van der Waals surface area contributed by atoms with Crippen LogP contribution in [0.15, 0.2) is 53.3 Å². The Bertz CT molecular complexity index is 951. The van der Waals surface area contributed by atoms with Gasteiger partial charge in [0, 0.05) is 20.1 Å². The third-order valence-electron chi connectivity index (χ3n) is 4.50. The Balaban J connectivity index is 1.83. The lowest BCUT2D eigenvalue weighted by atomic mass is 10.1. The van der Waals surface area contributed by atoms with Crippen molar-refractivity contribution in [1.29, 1.82) is 0 Å². The number of nitrogens with zero attached hydrogens (tertiary/aromatic N) is 3. The summed E-state index contributed by atoms with van der Waals surface area (Å²) < 4.78 is 3.26. The van der Waals surface area contributed by atoms with E-state index in [0.717, 1.165) is 16.6 Å². The van der Waals surface area contributed by atoms with Crippen LogP contribution in [0.5, 0.6) is 0 Å². The monoisotopic (exact) mass is 337 g/mol. The van der Waals surface area contributed by atoms with Gasteiger partial charge in [0.2, 0.25) is 5.91 Å². The smallest absolute Gasteiger partial charge is 0.329 e. The molecule has 1 heterocycles. The number of rotatable bonds is 5. The second kappa shape index (κ2) is 6.97. The van der Waals surface area contributed by atoms with Gasteiger partial charge in [0.1, 0.15) is 6.54 Å². The third-order valence-corrected chi connectivity index (χ3v) is 4.50. The first-order valence-corrected chi connectivity index (χ1v) is 8.49. The van der Waals surface area contributed by atoms with Crippen LogP contribution >= 0.6 is 0 Å². The van der Waals surface area contributed by atoms with Crippen molar-refractivity contribution in [3.63, 3.8) is 0 Å². The van der Waals surface area contributed by atoms with E-state index in [9.17, 15) is 9.59 Å². The summed E-state index contributed by atoms with van der Waals surface area (Å²) >= 11 is 0. The summed E-state index contributed by atoms with van der Waals surface area (Å²) in [5.74, 6) is -0.0818. The molecule has 0 radical (unpaired) electrons. The van der Waals surface area contributed by atoms with Crippen molar-refractivity contribution in [3.8, 4) is 0 Å². The van der Waals surface area contributed by atoms with Gasteiger partial charge in [-0.3, -0.25) is 13.9 Å². The fraction of sp³-hybridized carbons (Fsp3) is 0.300. The Hall–Kier alpha value is -2.82. The Morgan fingerprint density at radius 2 is 1.60 bits per heavy atom. The fourth-order valence-corrected chi connectivity index (χ4v) is 3.04. The largest absolute Gasteiger partial charge is 0.340 e. The van der Waals surface area contributed by atoms with Crippen molar-refractivity contribution >= 4 is 16.9 Å². The third kappa shape index (κ3) is 3.36. The standard InChI is InChI=1S/C20H23N3O2/c1-4-22-17-7-5-6-8-18(17)23(20(22)25)14-19(24)21(3)13-16-11-9-15(2)10-12-16/h5-12H,4,13-14H2,1-3H3. The first-order valence-electron chi connectivity index (χ1n) is 8.49. The van der Waals surface area contributed by atoms with Crippen molar-refractivity contribution in [2.75, 3.05) is 7.05 Å². The molecule has 1 amide bonds. The molecule has 0 atom stereocenters. The van der Waals surface area contributed by atoms with Crippen LogP contribution in [-0.2, 0) is 24.4 Å². The molecule has 5 heteroatoms. The number of aryl methyl sites for hydroxylation is 2. The lowest BCUT2D eigenvalue weighted by Gasteiger charge is -2.17. The number of hydrogen-bond acceptors (Lipinski definition) is 2. The van der Waals surface area contributed by atoms with Crippen LogP contribution in [0.1, 0.15) is 18.1 Å². The molecule has 0 fully saturated rings. The predicted octanol–water partition coefficient (Wildman–Crippen LogP) is 2.79. The van der Waals surface area contributed by atoms with E-state index in [2.05, 4.69) is 0 Å². The number of aromatic nitrogens is 2. The van der Waals surface area contributed by atoms with E-state index in [1.807, 2.05) is 62.4 Å². The SMILES string of the molecule is CCn1c(=O)n(CC(=O)N(C)Cc2ccc(C)cc2)c2ccccc21. The molecule has 3 rings (SSSR count). The minimum absolute atomic E-state index is 0.0503. The topological polar surface area (TPSA) is 47.2 Å². The zero-order valence-electron chi connectivity index (χ0n) is 14.9. The molecular weight excluding hydrogens is 314 g/mol. The summed E-state index contributed by atoms with van der Waals surface area (Å²) in [4.78, 5) is 26.9. The maximum atomic E-state index is 12.6. The van der Waals surface area contributed by atoms with E-state index in [1.54, 1.807) is 21.1 Å². The minimum Gasteiger partial charge on any atom is -0.340 e. The van der Waals surface area contributed by atoms with Crippen LogP contribution in [0.3, 0.4) is 0 Å². The second-order valence-electron chi connectivity index (χ2n) is 6.34. The van der Waals surface area contributed by atoms with Crippen molar-refractivity contribution in [1.82, 2.24) is 14.0 Å². The number of para-hydroxylation sites is 2. The number of hydrogen-bond donors (Lipinski definition) is 0. The molecule has 0 bridgehead atoms. The molecule has 3 aromatic rings. The molecule has 1 aromatic heterocycles. The summed E-state index contributed by atoms with van der Waals surface area (Å²) in [5.41, 5.74) is 3.79. The fourth-order valence-electron chi connectivity index (χ4n) is 3.04. The van der Waals surface area contributed by atoms with Gasteiger partial charge in [0.05, 0.1) is 11.0 Å². The lowest BCUT2D eigenvalue weighted by Crippen LogP contribution is -2.34. The number of fused-ring (bicyclic) bond motifs is 1. The van der Waals surface area contributed by atoms with Crippen molar-refractivity contribution in [2.45, 2.75) is 33.5 Å².